The molecule has 4 nitrogen and oxygen atoms in total. The summed E-state index contributed by atoms with van der Waals surface area (Å²) in [4.78, 5) is 12.8. The monoisotopic (exact) mass is 472 g/mol. The molecular weight excluding hydrogens is 424 g/mol. The van der Waals surface area contributed by atoms with Crippen LogP contribution in [-0.2, 0) is 9.53 Å². The van der Waals surface area contributed by atoms with Gasteiger partial charge in [-0.1, -0.05) is 46.3 Å². The summed E-state index contributed by atoms with van der Waals surface area (Å²) in [5.74, 6) is 2.23. The Labute approximate surface area is 206 Å². The van der Waals surface area contributed by atoms with Crippen molar-refractivity contribution in [1.29, 1.82) is 0 Å². The minimum atomic E-state index is -0.843. The lowest BCUT2D eigenvalue weighted by molar-refractivity contribution is -0.146. The highest BCUT2D eigenvalue weighted by Gasteiger charge is 2.65. The van der Waals surface area contributed by atoms with E-state index in [1.165, 1.54) is 25.7 Å². The van der Waals surface area contributed by atoms with Crippen LogP contribution in [-0.4, -0.2) is 40.4 Å². The van der Waals surface area contributed by atoms with E-state index in [2.05, 4.69) is 40.7 Å². The Morgan fingerprint density at radius 1 is 0.971 bits per heavy atom. The zero-order valence-electron chi connectivity index (χ0n) is 22.6. The zero-order valence-corrected chi connectivity index (χ0v) is 22.6. The van der Waals surface area contributed by atoms with Crippen molar-refractivity contribution in [2.45, 2.75) is 118 Å². The second-order valence-electron chi connectivity index (χ2n) is 14.5. The predicted octanol–water partition coefficient (Wildman–Crippen LogP) is 5.70. The molecule has 0 amide bonds. The third kappa shape index (κ3) is 3.16. The molecule has 1 aliphatic heterocycles. The molecule has 0 spiro atoms. The summed E-state index contributed by atoms with van der Waals surface area (Å²) >= 11 is 0. The molecule has 1 saturated heterocycles. The van der Waals surface area contributed by atoms with Gasteiger partial charge in [0.05, 0.1) is 18.3 Å². The number of carbonyl (C=O) groups is 1. The first kappa shape index (κ1) is 25.0. The number of fused-ring (bicyclic) bond motifs is 5. The molecule has 4 fully saturated rings. The van der Waals surface area contributed by atoms with Gasteiger partial charge in [-0.3, -0.25) is 4.79 Å². The van der Waals surface area contributed by atoms with Crippen molar-refractivity contribution in [3.8, 4) is 0 Å². The fraction of sp³-hybridized carbons (Fsp3) is 0.900. The molecule has 0 aromatic carbocycles. The highest BCUT2D eigenvalue weighted by atomic mass is 16.5. The zero-order chi connectivity index (χ0) is 24.9. The third-order valence-electron chi connectivity index (χ3n) is 12.5. The number of aliphatic hydroxyl groups excluding tert-OH is 2. The highest BCUT2D eigenvalue weighted by Crippen LogP contribution is 2.73. The highest BCUT2D eigenvalue weighted by molar-refractivity contribution is 5.85. The molecule has 0 aromatic rings. The van der Waals surface area contributed by atoms with E-state index in [0.29, 0.717) is 36.6 Å². The van der Waals surface area contributed by atoms with Gasteiger partial charge in [-0.15, -0.1) is 0 Å². The van der Waals surface area contributed by atoms with Gasteiger partial charge >= 0.3 is 0 Å². The van der Waals surface area contributed by atoms with E-state index in [9.17, 15) is 15.0 Å². The van der Waals surface area contributed by atoms with Crippen molar-refractivity contribution < 1.29 is 19.7 Å². The van der Waals surface area contributed by atoms with Crippen LogP contribution in [0.15, 0.2) is 11.6 Å². The molecule has 2 N–H and O–H groups in total. The van der Waals surface area contributed by atoms with Crippen molar-refractivity contribution >= 4 is 5.78 Å². The maximum absolute atomic E-state index is 12.8. The fourth-order valence-corrected chi connectivity index (χ4v) is 9.97. The van der Waals surface area contributed by atoms with Crippen LogP contribution in [0, 0.1) is 45.3 Å². The molecule has 4 aliphatic carbocycles. The van der Waals surface area contributed by atoms with Crippen LogP contribution in [0.2, 0.25) is 0 Å². The van der Waals surface area contributed by atoms with Gasteiger partial charge in [0.25, 0.3) is 0 Å². The Balaban J connectivity index is 1.47. The minimum absolute atomic E-state index is 0.158. The lowest BCUT2D eigenvalue weighted by Crippen LogP contribution is -2.57. The van der Waals surface area contributed by atoms with Crippen molar-refractivity contribution in [3.05, 3.63) is 11.6 Å². The maximum Gasteiger partial charge on any atom is 0.138 e. The molecule has 0 aromatic heterocycles. The van der Waals surface area contributed by atoms with Gasteiger partial charge in [-0.2, -0.15) is 0 Å². The Hall–Kier alpha value is -0.710. The van der Waals surface area contributed by atoms with Crippen LogP contribution in [0.4, 0.5) is 0 Å². The number of ketones is 1. The van der Waals surface area contributed by atoms with E-state index in [1.807, 2.05) is 13.8 Å². The van der Waals surface area contributed by atoms with Gasteiger partial charge in [0.1, 0.15) is 11.9 Å². The molecule has 192 valence electrons. The smallest absolute Gasteiger partial charge is 0.138 e. The van der Waals surface area contributed by atoms with Crippen LogP contribution in [0.5, 0.6) is 0 Å². The van der Waals surface area contributed by atoms with Crippen molar-refractivity contribution in [2.24, 2.45) is 45.3 Å². The van der Waals surface area contributed by atoms with E-state index in [-0.39, 0.29) is 27.6 Å². The van der Waals surface area contributed by atoms with Gasteiger partial charge in [0.2, 0.25) is 0 Å². The van der Waals surface area contributed by atoms with Gasteiger partial charge < -0.3 is 14.9 Å². The van der Waals surface area contributed by atoms with Crippen LogP contribution < -0.4 is 0 Å². The number of allylic oxidation sites excluding steroid dienone is 2. The SMILES string of the molecule is CC1(C)OCC(C2CC[C@]3(C)C4=CCC5C(C)(C)C(=O)CC[C@]5(C)C4CC[C@@]23C)CC(O)C1O. The number of aliphatic hydroxyl groups is 2. The summed E-state index contributed by atoms with van der Waals surface area (Å²) < 4.78 is 6.23. The Kier molecular flexibility index (Phi) is 5.62. The van der Waals surface area contributed by atoms with E-state index < -0.39 is 17.8 Å². The summed E-state index contributed by atoms with van der Waals surface area (Å²) in [6, 6.07) is 0. The fourth-order valence-electron chi connectivity index (χ4n) is 9.97. The van der Waals surface area contributed by atoms with E-state index in [4.69, 9.17) is 4.74 Å². The molecular formula is C30H48O4. The third-order valence-corrected chi connectivity index (χ3v) is 12.5. The second-order valence-corrected chi connectivity index (χ2v) is 14.5. The van der Waals surface area contributed by atoms with Crippen molar-refractivity contribution in [2.75, 3.05) is 6.61 Å². The minimum Gasteiger partial charge on any atom is -0.390 e. The van der Waals surface area contributed by atoms with Crippen LogP contribution >= 0.6 is 0 Å². The molecule has 5 aliphatic rings. The van der Waals surface area contributed by atoms with Crippen molar-refractivity contribution in [1.82, 2.24) is 0 Å². The predicted molar refractivity (Wildman–Crippen MR) is 134 cm³/mol. The molecule has 4 heteroatoms. The van der Waals surface area contributed by atoms with Crippen LogP contribution in [0.1, 0.15) is 99.8 Å². The standard InChI is InChI=1S/C30H48O4/c1-26(2)23-9-8-21-20(28(23,5)13-12-24(26)32)11-15-29(6)19(10-14-30(21,29)7)18-16-22(31)25(33)27(3,4)34-17-18/h8,18-20,22-23,25,31,33H,9-17H2,1-7H3/t18?,19?,20?,22?,23?,25?,28-,29+,30-/m1/s1. The molecule has 5 rings (SSSR count). The number of rotatable bonds is 1. The summed E-state index contributed by atoms with van der Waals surface area (Å²) in [5, 5.41) is 21.5. The number of carbonyl (C=O) groups excluding carboxylic acids is 1. The number of hydrogen-bond acceptors (Lipinski definition) is 4. The quantitative estimate of drug-likeness (QED) is 0.481. The topological polar surface area (TPSA) is 66.8 Å². The lowest BCUT2D eigenvalue weighted by atomic mass is 9.41. The Morgan fingerprint density at radius 3 is 2.38 bits per heavy atom. The van der Waals surface area contributed by atoms with Crippen LogP contribution in [0.25, 0.3) is 0 Å². The first-order valence-corrected chi connectivity index (χ1v) is 13.9. The molecule has 6 unspecified atom stereocenters. The molecule has 0 bridgehead atoms. The second kappa shape index (κ2) is 7.65. The Morgan fingerprint density at radius 2 is 1.68 bits per heavy atom. The van der Waals surface area contributed by atoms with E-state index in [1.54, 1.807) is 5.57 Å². The average molecular weight is 473 g/mol. The van der Waals surface area contributed by atoms with E-state index >= 15 is 0 Å². The summed E-state index contributed by atoms with van der Waals surface area (Å²) in [6.45, 7) is 16.4. The number of hydrogen-bond donors (Lipinski definition) is 2. The van der Waals surface area contributed by atoms with E-state index in [0.717, 1.165) is 19.3 Å². The summed E-state index contributed by atoms with van der Waals surface area (Å²) in [5.41, 5.74) is 1.28. The maximum atomic E-state index is 12.8. The van der Waals surface area contributed by atoms with Crippen LogP contribution in [0.3, 0.4) is 0 Å². The molecule has 0 radical (unpaired) electrons. The number of Topliss-reactive ketones (excluding diaryl/α,β-unsaturated/α-hetero) is 1. The number of ether oxygens (including phenoxy) is 1. The summed E-state index contributed by atoms with van der Waals surface area (Å²) in [7, 11) is 0. The molecule has 1 heterocycles. The summed E-state index contributed by atoms with van der Waals surface area (Å²) in [6.07, 6.45) is 9.18. The van der Waals surface area contributed by atoms with Crippen molar-refractivity contribution in [3.63, 3.8) is 0 Å². The average Bonchev–Trinajstić information content (AvgIpc) is 2.99. The van der Waals surface area contributed by atoms with Gasteiger partial charge in [-0.25, -0.2) is 0 Å². The first-order valence-electron chi connectivity index (χ1n) is 13.9. The van der Waals surface area contributed by atoms with Gasteiger partial charge in [0.15, 0.2) is 0 Å². The molecule has 3 saturated carbocycles. The molecule has 34 heavy (non-hydrogen) atoms. The Bertz CT molecular complexity index is 888. The lowest BCUT2D eigenvalue weighted by Gasteiger charge is -2.63. The van der Waals surface area contributed by atoms with Gasteiger partial charge in [0, 0.05) is 11.8 Å². The normalized spacial score (nSPS) is 52.1. The first-order chi connectivity index (χ1) is 15.7. The molecule has 9 atom stereocenters. The largest absolute Gasteiger partial charge is 0.390 e. The van der Waals surface area contributed by atoms with Gasteiger partial charge in [-0.05, 0) is 98.7 Å².